The van der Waals surface area contributed by atoms with Crippen molar-refractivity contribution in [2.45, 2.75) is 13.3 Å². The highest BCUT2D eigenvalue weighted by atomic mass is 32.1. The number of hydrogen-bond acceptors (Lipinski definition) is 7. The zero-order valence-electron chi connectivity index (χ0n) is 17.5. The molecule has 0 bridgehead atoms. The average Bonchev–Trinajstić information content (AvgIpc) is 3.37. The summed E-state index contributed by atoms with van der Waals surface area (Å²) in [6.45, 7) is 1.97. The molecule has 0 aliphatic carbocycles. The van der Waals surface area contributed by atoms with Crippen molar-refractivity contribution < 1.29 is 23.5 Å². The molecule has 33 heavy (non-hydrogen) atoms. The number of rotatable bonds is 5. The van der Waals surface area contributed by atoms with E-state index in [2.05, 4.69) is 5.32 Å². The second-order valence-electron chi connectivity index (χ2n) is 7.51. The van der Waals surface area contributed by atoms with Crippen LogP contribution in [0.3, 0.4) is 0 Å². The van der Waals surface area contributed by atoms with Gasteiger partial charge in [0.15, 0.2) is 22.7 Å². The smallest absolute Gasteiger partial charge is 0.292 e. The third-order valence-electron chi connectivity index (χ3n) is 5.38. The van der Waals surface area contributed by atoms with E-state index in [1.165, 1.54) is 11.3 Å². The molecule has 1 aliphatic heterocycles. The van der Waals surface area contributed by atoms with E-state index in [1.54, 1.807) is 31.2 Å². The molecule has 1 aliphatic rings. The lowest BCUT2D eigenvalue weighted by molar-refractivity contribution is 0.0997. The first-order valence-electron chi connectivity index (χ1n) is 10.1. The van der Waals surface area contributed by atoms with E-state index in [-0.39, 0.29) is 23.5 Å². The summed E-state index contributed by atoms with van der Waals surface area (Å²) < 4.78 is 16.4. The Kier molecular flexibility index (Phi) is 5.10. The van der Waals surface area contributed by atoms with Crippen molar-refractivity contribution in [2.24, 2.45) is 5.73 Å². The summed E-state index contributed by atoms with van der Waals surface area (Å²) in [5.74, 6) is -0.106. The number of nitrogens with one attached hydrogen (secondary N) is 1. The number of thiophene rings is 1. The van der Waals surface area contributed by atoms with Crippen LogP contribution in [0.2, 0.25) is 0 Å². The summed E-state index contributed by atoms with van der Waals surface area (Å²) in [6.07, 6.45) is 0.508. The first kappa shape index (κ1) is 20.8. The monoisotopic (exact) mass is 462 g/mol. The van der Waals surface area contributed by atoms with Gasteiger partial charge < -0.3 is 24.9 Å². The second-order valence-corrected chi connectivity index (χ2v) is 8.61. The normalized spacial score (nSPS) is 12.2. The molecule has 3 N–H and O–H groups in total. The number of hydrogen-bond donors (Lipinski definition) is 2. The highest BCUT2D eigenvalue weighted by Gasteiger charge is 2.23. The topological polar surface area (TPSA) is 121 Å². The maximum absolute atomic E-state index is 12.9. The standard InChI is InChI=1S/C24H18N2O6S/c1-12-20(9-13-6-7-17-18(8-13)31-11-30-17)33-24(21(12)22(25)28)26-23(29)19-10-15(27)14-4-2-3-5-16(14)32-19/h2-8,10H,9,11H2,1H3,(H2,25,28)(H,26,29). The van der Waals surface area contributed by atoms with Crippen molar-refractivity contribution in [3.05, 3.63) is 86.1 Å². The van der Waals surface area contributed by atoms with Gasteiger partial charge in [0.2, 0.25) is 6.79 Å². The molecule has 0 radical (unpaired) electrons. The van der Waals surface area contributed by atoms with Gasteiger partial charge in [0.1, 0.15) is 10.6 Å². The van der Waals surface area contributed by atoms with Crippen LogP contribution >= 0.6 is 11.3 Å². The summed E-state index contributed by atoms with van der Waals surface area (Å²) in [4.78, 5) is 38.3. The number of carbonyl (C=O) groups is 2. The molecular weight excluding hydrogens is 444 g/mol. The molecule has 0 unspecified atom stereocenters. The molecule has 2 amide bonds. The van der Waals surface area contributed by atoms with Crippen LogP contribution in [0.25, 0.3) is 11.0 Å². The van der Waals surface area contributed by atoms with Crippen LogP contribution < -0.4 is 26.0 Å². The number of fused-ring (bicyclic) bond motifs is 2. The Bertz CT molecular complexity index is 1490. The molecule has 166 valence electrons. The first-order chi connectivity index (χ1) is 15.9. The third-order valence-corrected chi connectivity index (χ3v) is 6.59. The van der Waals surface area contributed by atoms with Crippen molar-refractivity contribution in [1.82, 2.24) is 0 Å². The number of anilines is 1. The van der Waals surface area contributed by atoms with Crippen LogP contribution in [0.5, 0.6) is 11.5 Å². The Morgan fingerprint density at radius 1 is 1.09 bits per heavy atom. The SMILES string of the molecule is Cc1c(Cc2ccc3c(c2)OCO3)sc(NC(=O)c2cc(=O)c3ccccc3o2)c1C(N)=O. The zero-order valence-corrected chi connectivity index (χ0v) is 18.3. The van der Waals surface area contributed by atoms with Crippen LogP contribution in [0.15, 0.2) is 57.7 Å². The first-order valence-corrected chi connectivity index (χ1v) is 10.9. The Hall–Kier alpha value is -4.11. The number of benzene rings is 2. The lowest BCUT2D eigenvalue weighted by atomic mass is 10.1. The molecular formula is C24H18N2O6S. The van der Waals surface area contributed by atoms with E-state index < -0.39 is 11.8 Å². The number of para-hydroxylation sites is 1. The van der Waals surface area contributed by atoms with Crippen molar-refractivity contribution in [3.8, 4) is 11.5 Å². The molecule has 3 heterocycles. The van der Waals surface area contributed by atoms with Crippen LogP contribution in [0.4, 0.5) is 5.00 Å². The number of primary amides is 1. The lowest BCUT2D eigenvalue weighted by Gasteiger charge is -2.05. The molecule has 0 fully saturated rings. The predicted octanol–water partition coefficient (Wildman–Crippen LogP) is 3.83. The fraction of sp³-hybridized carbons (Fsp3) is 0.125. The zero-order chi connectivity index (χ0) is 23.1. The van der Waals surface area contributed by atoms with E-state index in [0.717, 1.165) is 16.5 Å². The van der Waals surface area contributed by atoms with Crippen molar-refractivity contribution in [3.63, 3.8) is 0 Å². The minimum Gasteiger partial charge on any atom is -0.454 e. The quantitative estimate of drug-likeness (QED) is 0.465. The highest BCUT2D eigenvalue weighted by molar-refractivity contribution is 7.17. The summed E-state index contributed by atoms with van der Waals surface area (Å²) >= 11 is 1.25. The van der Waals surface area contributed by atoms with Gasteiger partial charge in [-0.2, -0.15) is 0 Å². The van der Waals surface area contributed by atoms with Gasteiger partial charge in [-0.25, -0.2) is 0 Å². The van der Waals surface area contributed by atoms with Gasteiger partial charge in [-0.3, -0.25) is 14.4 Å². The summed E-state index contributed by atoms with van der Waals surface area (Å²) in [6, 6.07) is 13.4. The molecule has 4 aromatic rings. The van der Waals surface area contributed by atoms with Gasteiger partial charge in [0.25, 0.3) is 11.8 Å². The van der Waals surface area contributed by atoms with Gasteiger partial charge in [-0.1, -0.05) is 18.2 Å². The Morgan fingerprint density at radius 3 is 2.70 bits per heavy atom. The van der Waals surface area contributed by atoms with Crippen molar-refractivity contribution in [1.29, 1.82) is 0 Å². The highest BCUT2D eigenvalue weighted by Crippen LogP contribution is 2.37. The van der Waals surface area contributed by atoms with Gasteiger partial charge in [-0.15, -0.1) is 11.3 Å². The average molecular weight is 462 g/mol. The van der Waals surface area contributed by atoms with E-state index in [9.17, 15) is 14.4 Å². The van der Waals surface area contributed by atoms with Gasteiger partial charge in [-0.05, 0) is 42.3 Å². The molecule has 0 saturated carbocycles. The number of amides is 2. The molecule has 0 atom stereocenters. The molecule has 0 saturated heterocycles. The van der Waals surface area contributed by atoms with Crippen LogP contribution in [0.1, 0.15) is 36.9 Å². The van der Waals surface area contributed by atoms with Gasteiger partial charge in [0, 0.05) is 17.4 Å². The van der Waals surface area contributed by atoms with E-state index in [0.29, 0.717) is 39.5 Å². The Balaban J connectivity index is 1.46. The third kappa shape index (κ3) is 3.83. The molecule has 9 heteroatoms. The fourth-order valence-electron chi connectivity index (χ4n) is 3.73. The summed E-state index contributed by atoms with van der Waals surface area (Å²) in [5.41, 5.74) is 7.45. The van der Waals surface area contributed by atoms with E-state index >= 15 is 0 Å². The molecule has 8 nitrogen and oxygen atoms in total. The molecule has 0 spiro atoms. The minimum absolute atomic E-state index is 0.155. The van der Waals surface area contributed by atoms with E-state index in [1.807, 2.05) is 18.2 Å². The minimum atomic E-state index is -0.657. The van der Waals surface area contributed by atoms with Gasteiger partial charge >= 0.3 is 0 Å². The van der Waals surface area contributed by atoms with Crippen LogP contribution in [0, 0.1) is 6.92 Å². The summed E-state index contributed by atoms with van der Waals surface area (Å²) in [5, 5.41) is 3.37. The van der Waals surface area contributed by atoms with Gasteiger partial charge in [0.05, 0.1) is 10.9 Å². The number of ether oxygens (including phenoxy) is 2. The van der Waals surface area contributed by atoms with Crippen LogP contribution in [-0.4, -0.2) is 18.6 Å². The van der Waals surface area contributed by atoms with Crippen molar-refractivity contribution >= 4 is 39.1 Å². The molecule has 2 aromatic heterocycles. The number of carbonyl (C=O) groups excluding carboxylic acids is 2. The Labute approximate surface area is 191 Å². The second kappa shape index (κ2) is 8.10. The fourth-order valence-corrected chi connectivity index (χ4v) is 4.97. The van der Waals surface area contributed by atoms with E-state index in [4.69, 9.17) is 19.6 Å². The largest absolute Gasteiger partial charge is 0.454 e. The maximum Gasteiger partial charge on any atom is 0.292 e. The molecule has 2 aromatic carbocycles. The summed E-state index contributed by atoms with van der Waals surface area (Å²) in [7, 11) is 0. The maximum atomic E-state index is 12.9. The van der Waals surface area contributed by atoms with Crippen molar-refractivity contribution in [2.75, 3.05) is 12.1 Å². The lowest BCUT2D eigenvalue weighted by Crippen LogP contribution is -2.18. The Morgan fingerprint density at radius 2 is 1.88 bits per heavy atom. The van der Waals surface area contributed by atoms with Crippen LogP contribution in [-0.2, 0) is 6.42 Å². The predicted molar refractivity (Wildman–Crippen MR) is 123 cm³/mol. The number of nitrogens with two attached hydrogens (primary N) is 1. The molecule has 5 rings (SSSR count).